The minimum Gasteiger partial charge on any atom is -0.302 e. The molecule has 2 bridgehead atoms. The van der Waals surface area contributed by atoms with Crippen LogP contribution in [-0.4, -0.2) is 49.1 Å². The maximum absolute atomic E-state index is 2.62. The fraction of sp³-hybridized carbons (Fsp3) is 1.00. The van der Waals surface area contributed by atoms with Crippen molar-refractivity contribution in [1.29, 1.82) is 0 Å². The van der Waals surface area contributed by atoms with Crippen molar-refractivity contribution >= 4 is 0 Å². The predicted molar refractivity (Wildman–Crippen MR) is 51.3 cm³/mol. The molecule has 2 nitrogen and oxygen atoms in total. The van der Waals surface area contributed by atoms with E-state index in [4.69, 9.17) is 0 Å². The Morgan fingerprint density at radius 1 is 1.33 bits per heavy atom. The number of likely N-dealkylation sites (N-methyl/N-ethyl adjacent to an activating group) is 1. The predicted octanol–water partition coefficient (Wildman–Crippen LogP) is 1.03. The van der Waals surface area contributed by atoms with E-state index in [2.05, 4.69) is 23.8 Å². The molecule has 3 heterocycles. The lowest BCUT2D eigenvalue weighted by Crippen LogP contribution is -2.56. The Hall–Kier alpha value is -0.0800. The molecule has 0 aromatic carbocycles. The Morgan fingerprint density at radius 2 is 2.00 bits per heavy atom. The van der Waals surface area contributed by atoms with Crippen LogP contribution in [0.2, 0.25) is 0 Å². The maximum atomic E-state index is 2.62. The third-order valence-electron chi connectivity index (χ3n) is 3.69. The topological polar surface area (TPSA) is 6.48 Å². The highest BCUT2D eigenvalue weighted by Gasteiger charge is 2.35. The number of fused-ring (bicyclic) bond motifs is 3. The van der Waals surface area contributed by atoms with Gasteiger partial charge in [0.2, 0.25) is 0 Å². The molecule has 0 N–H and O–H groups in total. The third-order valence-corrected chi connectivity index (χ3v) is 3.69. The largest absolute Gasteiger partial charge is 0.302 e. The third kappa shape index (κ3) is 1.38. The van der Waals surface area contributed by atoms with Gasteiger partial charge in [-0.25, -0.2) is 0 Å². The van der Waals surface area contributed by atoms with E-state index in [1.807, 2.05) is 0 Å². The van der Waals surface area contributed by atoms with Crippen LogP contribution in [0.3, 0.4) is 0 Å². The van der Waals surface area contributed by atoms with E-state index < -0.39 is 0 Å². The standard InChI is InChI=1S/C10H20N2/c1-3-11(2)10-8-12-6-4-9(10)5-7-12/h9-10H,3-8H2,1-2H3. The molecule has 3 aliphatic heterocycles. The summed E-state index contributed by atoms with van der Waals surface area (Å²) in [5.74, 6) is 1.000. The van der Waals surface area contributed by atoms with E-state index >= 15 is 0 Å². The average Bonchev–Trinajstić information content (AvgIpc) is 2.18. The summed E-state index contributed by atoms with van der Waals surface area (Å²) in [7, 11) is 2.27. The fourth-order valence-electron chi connectivity index (χ4n) is 2.67. The molecule has 1 unspecified atom stereocenters. The van der Waals surface area contributed by atoms with E-state index in [0.29, 0.717) is 0 Å². The van der Waals surface area contributed by atoms with Crippen molar-refractivity contribution in [3.05, 3.63) is 0 Å². The minimum atomic E-state index is 0.859. The molecule has 0 aliphatic carbocycles. The van der Waals surface area contributed by atoms with Gasteiger partial charge >= 0.3 is 0 Å². The molecule has 3 saturated heterocycles. The van der Waals surface area contributed by atoms with Crippen LogP contribution in [-0.2, 0) is 0 Å². The van der Waals surface area contributed by atoms with Gasteiger partial charge in [0, 0.05) is 12.6 Å². The molecule has 0 spiro atoms. The van der Waals surface area contributed by atoms with Gasteiger partial charge in [0.25, 0.3) is 0 Å². The van der Waals surface area contributed by atoms with E-state index in [9.17, 15) is 0 Å². The number of hydrogen-bond donors (Lipinski definition) is 0. The molecule has 0 saturated carbocycles. The second-order valence-electron chi connectivity index (χ2n) is 4.28. The summed E-state index contributed by atoms with van der Waals surface area (Å²) in [5.41, 5.74) is 0. The Bertz CT molecular complexity index is 150. The van der Waals surface area contributed by atoms with Crippen LogP contribution >= 0.6 is 0 Å². The summed E-state index contributed by atoms with van der Waals surface area (Å²) in [4.78, 5) is 5.15. The number of piperidine rings is 3. The first kappa shape index (κ1) is 8.52. The molecule has 0 aromatic rings. The lowest BCUT2D eigenvalue weighted by atomic mass is 9.83. The van der Waals surface area contributed by atoms with Crippen LogP contribution in [0.25, 0.3) is 0 Å². The van der Waals surface area contributed by atoms with Crippen LogP contribution in [0, 0.1) is 5.92 Å². The Balaban J connectivity index is 1.99. The molecule has 0 aromatic heterocycles. The summed E-state index contributed by atoms with van der Waals surface area (Å²) >= 11 is 0. The molecule has 1 atom stereocenters. The van der Waals surface area contributed by atoms with Crippen LogP contribution in [0.15, 0.2) is 0 Å². The highest BCUT2D eigenvalue weighted by Crippen LogP contribution is 2.29. The zero-order valence-corrected chi connectivity index (χ0v) is 8.29. The minimum absolute atomic E-state index is 0.859. The normalized spacial score (nSPS) is 40.8. The van der Waals surface area contributed by atoms with Crippen LogP contribution in [0.5, 0.6) is 0 Å². The second kappa shape index (κ2) is 3.35. The van der Waals surface area contributed by atoms with Crippen molar-refractivity contribution in [3.8, 4) is 0 Å². The number of rotatable bonds is 2. The number of nitrogens with zero attached hydrogens (tertiary/aromatic N) is 2. The van der Waals surface area contributed by atoms with Gasteiger partial charge < -0.3 is 9.80 Å². The molecule has 2 heteroatoms. The van der Waals surface area contributed by atoms with Crippen molar-refractivity contribution in [2.24, 2.45) is 5.92 Å². The highest BCUT2D eigenvalue weighted by molar-refractivity contribution is 4.91. The Morgan fingerprint density at radius 3 is 2.42 bits per heavy atom. The first-order valence-corrected chi connectivity index (χ1v) is 5.24. The summed E-state index contributed by atoms with van der Waals surface area (Å²) in [6.45, 7) is 7.51. The van der Waals surface area contributed by atoms with Gasteiger partial charge in [-0.2, -0.15) is 0 Å². The first-order chi connectivity index (χ1) is 5.81. The molecule has 3 fully saturated rings. The SMILES string of the molecule is CCN(C)C1CN2CCC1CC2. The quantitative estimate of drug-likeness (QED) is 0.607. The molecule has 3 aliphatic rings. The van der Waals surface area contributed by atoms with Crippen molar-refractivity contribution in [1.82, 2.24) is 9.80 Å². The summed E-state index contributed by atoms with van der Waals surface area (Å²) < 4.78 is 0. The maximum Gasteiger partial charge on any atom is 0.0249 e. The Labute approximate surface area is 75.5 Å². The van der Waals surface area contributed by atoms with Gasteiger partial charge in [-0.3, -0.25) is 0 Å². The summed E-state index contributed by atoms with van der Waals surface area (Å²) in [6.07, 6.45) is 2.88. The lowest BCUT2D eigenvalue weighted by Gasteiger charge is -2.48. The lowest BCUT2D eigenvalue weighted by molar-refractivity contribution is 0.0189. The zero-order chi connectivity index (χ0) is 8.55. The molecule has 70 valence electrons. The van der Waals surface area contributed by atoms with Crippen LogP contribution in [0.1, 0.15) is 19.8 Å². The van der Waals surface area contributed by atoms with Gasteiger partial charge in [0.1, 0.15) is 0 Å². The fourth-order valence-corrected chi connectivity index (χ4v) is 2.67. The van der Waals surface area contributed by atoms with Crippen molar-refractivity contribution < 1.29 is 0 Å². The first-order valence-electron chi connectivity index (χ1n) is 5.24. The summed E-state index contributed by atoms with van der Waals surface area (Å²) in [6, 6.07) is 0.859. The van der Waals surface area contributed by atoms with Gasteiger partial charge in [0.15, 0.2) is 0 Å². The highest BCUT2D eigenvalue weighted by atomic mass is 15.2. The summed E-state index contributed by atoms with van der Waals surface area (Å²) in [5, 5.41) is 0. The van der Waals surface area contributed by atoms with Crippen LogP contribution in [0.4, 0.5) is 0 Å². The van der Waals surface area contributed by atoms with Gasteiger partial charge in [-0.1, -0.05) is 6.92 Å². The van der Waals surface area contributed by atoms with Gasteiger partial charge in [-0.05, 0) is 45.4 Å². The van der Waals surface area contributed by atoms with E-state index in [-0.39, 0.29) is 0 Å². The molecular weight excluding hydrogens is 148 g/mol. The average molecular weight is 168 g/mol. The zero-order valence-electron chi connectivity index (χ0n) is 8.29. The van der Waals surface area contributed by atoms with Gasteiger partial charge in [-0.15, -0.1) is 0 Å². The molecule has 12 heavy (non-hydrogen) atoms. The van der Waals surface area contributed by atoms with Crippen molar-refractivity contribution in [2.45, 2.75) is 25.8 Å². The molecule has 0 amide bonds. The van der Waals surface area contributed by atoms with E-state index in [0.717, 1.165) is 12.0 Å². The van der Waals surface area contributed by atoms with E-state index in [1.165, 1.54) is 39.0 Å². The molecule has 3 rings (SSSR count). The van der Waals surface area contributed by atoms with Crippen molar-refractivity contribution in [2.75, 3.05) is 33.2 Å². The number of hydrogen-bond acceptors (Lipinski definition) is 2. The second-order valence-corrected chi connectivity index (χ2v) is 4.28. The van der Waals surface area contributed by atoms with Gasteiger partial charge in [0.05, 0.1) is 0 Å². The molecule has 0 radical (unpaired) electrons. The van der Waals surface area contributed by atoms with Crippen LogP contribution < -0.4 is 0 Å². The molecular formula is C10H20N2. The van der Waals surface area contributed by atoms with E-state index in [1.54, 1.807) is 0 Å². The van der Waals surface area contributed by atoms with Crippen molar-refractivity contribution in [3.63, 3.8) is 0 Å². The monoisotopic (exact) mass is 168 g/mol. The smallest absolute Gasteiger partial charge is 0.0249 e. The Kier molecular flexibility index (Phi) is 2.37.